The number of hydrazone groups is 1. The Labute approximate surface area is 229 Å². The molecule has 2 amide bonds. The molecule has 0 heterocycles. The SMILES string of the molecule is Cc1cc(C)c(COc2ccc(/C=N\NC(=O)C[C@@H](NC(=O)c3ccccc3)c3ccccc3)cc2)c(C)c1. The van der Waals surface area contributed by atoms with Gasteiger partial charge in [-0.1, -0.05) is 66.2 Å². The highest BCUT2D eigenvalue weighted by Gasteiger charge is 2.19. The number of nitrogens with one attached hydrogen (secondary N) is 2. The van der Waals surface area contributed by atoms with Crippen molar-refractivity contribution in [2.45, 2.75) is 39.8 Å². The van der Waals surface area contributed by atoms with Gasteiger partial charge in [-0.25, -0.2) is 5.43 Å². The molecule has 0 fully saturated rings. The van der Waals surface area contributed by atoms with E-state index in [4.69, 9.17) is 4.74 Å². The maximum Gasteiger partial charge on any atom is 0.251 e. The fourth-order valence-corrected chi connectivity index (χ4v) is 4.42. The quantitative estimate of drug-likeness (QED) is 0.193. The van der Waals surface area contributed by atoms with E-state index in [-0.39, 0.29) is 18.2 Å². The minimum Gasteiger partial charge on any atom is -0.489 e. The van der Waals surface area contributed by atoms with Crippen molar-refractivity contribution in [3.8, 4) is 5.75 Å². The molecule has 0 saturated heterocycles. The van der Waals surface area contributed by atoms with Crippen molar-refractivity contribution < 1.29 is 14.3 Å². The lowest BCUT2D eigenvalue weighted by molar-refractivity contribution is -0.121. The molecule has 0 spiro atoms. The summed E-state index contributed by atoms with van der Waals surface area (Å²) in [6, 6.07) is 29.7. The summed E-state index contributed by atoms with van der Waals surface area (Å²) in [7, 11) is 0. The molecule has 6 heteroatoms. The van der Waals surface area contributed by atoms with Gasteiger partial charge in [0, 0.05) is 5.56 Å². The molecule has 0 saturated carbocycles. The van der Waals surface area contributed by atoms with Crippen LogP contribution in [0, 0.1) is 20.8 Å². The van der Waals surface area contributed by atoms with Crippen molar-refractivity contribution in [2.24, 2.45) is 5.10 Å². The first-order valence-electron chi connectivity index (χ1n) is 12.9. The predicted molar refractivity (Wildman–Crippen MR) is 155 cm³/mol. The molecular weight excluding hydrogens is 486 g/mol. The van der Waals surface area contributed by atoms with Crippen LogP contribution in [-0.4, -0.2) is 18.0 Å². The van der Waals surface area contributed by atoms with Gasteiger partial charge in [0.15, 0.2) is 0 Å². The van der Waals surface area contributed by atoms with Gasteiger partial charge in [-0.05, 0) is 85.0 Å². The average Bonchev–Trinajstić information content (AvgIpc) is 2.94. The number of amides is 2. The molecule has 4 rings (SSSR count). The zero-order valence-corrected chi connectivity index (χ0v) is 22.5. The van der Waals surface area contributed by atoms with Crippen molar-refractivity contribution in [1.29, 1.82) is 0 Å². The second kappa shape index (κ2) is 13.2. The maximum atomic E-state index is 12.7. The summed E-state index contributed by atoms with van der Waals surface area (Å²) < 4.78 is 5.99. The van der Waals surface area contributed by atoms with Crippen molar-refractivity contribution in [3.63, 3.8) is 0 Å². The number of hydrogen-bond acceptors (Lipinski definition) is 4. The van der Waals surface area contributed by atoms with E-state index in [9.17, 15) is 9.59 Å². The topological polar surface area (TPSA) is 79.8 Å². The van der Waals surface area contributed by atoms with Gasteiger partial charge >= 0.3 is 0 Å². The molecule has 2 N–H and O–H groups in total. The maximum absolute atomic E-state index is 12.7. The Hall–Kier alpha value is -4.71. The molecule has 198 valence electrons. The molecule has 0 aliphatic rings. The van der Waals surface area contributed by atoms with Crippen molar-refractivity contribution >= 4 is 18.0 Å². The van der Waals surface area contributed by atoms with E-state index in [0.717, 1.165) is 16.9 Å². The Kier molecular flexibility index (Phi) is 9.25. The van der Waals surface area contributed by atoms with Crippen LogP contribution < -0.4 is 15.5 Å². The zero-order chi connectivity index (χ0) is 27.6. The third-order valence-corrected chi connectivity index (χ3v) is 6.44. The summed E-state index contributed by atoms with van der Waals surface area (Å²) in [6.45, 7) is 6.81. The summed E-state index contributed by atoms with van der Waals surface area (Å²) in [4.78, 5) is 25.4. The summed E-state index contributed by atoms with van der Waals surface area (Å²) in [5.41, 5.74) is 9.66. The summed E-state index contributed by atoms with van der Waals surface area (Å²) in [5.74, 6) is 0.212. The fourth-order valence-electron chi connectivity index (χ4n) is 4.42. The Bertz CT molecular complexity index is 1410. The minimum absolute atomic E-state index is 0.0462. The molecule has 39 heavy (non-hydrogen) atoms. The van der Waals surface area contributed by atoms with Crippen LogP contribution in [0.2, 0.25) is 0 Å². The van der Waals surface area contributed by atoms with E-state index >= 15 is 0 Å². The van der Waals surface area contributed by atoms with Gasteiger partial charge in [-0.3, -0.25) is 9.59 Å². The first-order chi connectivity index (χ1) is 18.9. The van der Waals surface area contributed by atoms with E-state index in [2.05, 4.69) is 48.7 Å². The molecule has 0 aliphatic carbocycles. The van der Waals surface area contributed by atoms with Gasteiger partial charge in [0.25, 0.3) is 5.91 Å². The van der Waals surface area contributed by atoms with Crippen LogP contribution in [0.4, 0.5) is 0 Å². The van der Waals surface area contributed by atoms with Crippen LogP contribution in [0.25, 0.3) is 0 Å². The van der Waals surface area contributed by atoms with Crippen LogP contribution in [-0.2, 0) is 11.4 Å². The highest BCUT2D eigenvalue weighted by atomic mass is 16.5. The van der Waals surface area contributed by atoms with Crippen LogP contribution in [0.1, 0.15) is 56.2 Å². The van der Waals surface area contributed by atoms with Gasteiger partial charge in [-0.2, -0.15) is 5.10 Å². The van der Waals surface area contributed by atoms with Gasteiger partial charge in [0.1, 0.15) is 12.4 Å². The number of carbonyl (C=O) groups is 2. The summed E-state index contributed by atoms with van der Waals surface area (Å²) in [5, 5.41) is 7.06. The molecule has 1 atom stereocenters. The molecule has 0 aliphatic heterocycles. The lowest BCUT2D eigenvalue weighted by Crippen LogP contribution is -2.32. The number of nitrogens with zero attached hydrogens (tertiary/aromatic N) is 1. The van der Waals surface area contributed by atoms with Crippen LogP contribution in [0.5, 0.6) is 5.75 Å². The van der Waals surface area contributed by atoms with E-state index in [1.54, 1.807) is 30.5 Å². The predicted octanol–water partition coefficient (Wildman–Crippen LogP) is 6.20. The second-order valence-electron chi connectivity index (χ2n) is 9.54. The van der Waals surface area contributed by atoms with E-state index in [1.807, 2.05) is 60.7 Å². The number of rotatable bonds is 10. The fraction of sp³-hybridized carbons (Fsp3) is 0.182. The molecule has 0 bridgehead atoms. The number of benzene rings is 4. The molecule has 6 nitrogen and oxygen atoms in total. The highest BCUT2D eigenvalue weighted by Crippen LogP contribution is 2.20. The standard InChI is InChI=1S/C33H33N3O3/c1-23-18-24(2)30(25(3)19-23)22-39-29-16-14-26(15-17-29)21-34-36-32(37)20-31(27-10-6-4-7-11-27)35-33(38)28-12-8-5-9-13-28/h4-19,21,31H,20,22H2,1-3H3,(H,35,38)(H,36,37)/b34-21-/t31-/m1/s1. The summed E-state index contributed by atoms with van der Waals surface area (Å²) in [6.07, 6.45) is 1.63. The van der Waals surface area contributed by atoms with Crippen LogP contribution >= 0.6 is 0 Å². The molecule has 0 radical (unpaired) electrons. The number of carbonyl (C=O) groups excluding carboxylic acids is 2. The minimum atomic E-state index is -0.494. The second-order valence-corrected chi connectivity index (χ2v) is 9.54. The third-order valence-electron chi connectivity index (χ3n) is 6.44. The number of hydrogen-bond donors (Lipinski definition) is 2. The first kappa shape index (κ1) is 27.3. The number of ether oxygens (including phenoxy) is 1. The normalized spacial score (nSPS) is 11.7. The van der Waals surface area contributed by atoms with Crippen molar-refractivity contribution in [2.75, 3.05) is 0 Å². The Balaban J connectivity index is 1.32. The van der Waals surface area contributed by atoms with Gasteiger partial charge < -0.3 is 10.1 Å². The van der Waals surface area contributed by atoms with Gasteiger partial charge in [-0.15, -0.1) is 0 Å². The molecule has 0 aromatic heterocycles. The monoisotopic (exact) mass is 519 g/mol. The molecular formula is C33H33N3O3. The molecule has 4 aromatic rings. The van der Waals surface area contributed by atoms with Crippen LogP contribution in [0.15, 0.2) is 102 Å². The largest absolute Gasteiger partial charge is 0.489 e. The average molecular weight is 520 g/mol. The Morgan fingerprint density at radius 1 is 0.846 bits per heavy atom. The van der Waals surface area contributed by atoms with E-state index in [0.29, 0.717) is 12.2 Å². The Morgan fingerprint density at radius 2 is 1.46 bits per heavy atom. The molecule has 4 aromatic carbocycles. The van der Waals surface area contributed by atoms with E-state index < -0.39 is 6.04 Å². The lowest BCUT2D eigenvalue weighted by atomic mass is 10.0. The number of aryl methyl sites for hydroxylation is 3. The first-order valence-corrected chi connectivity index (χ1v) is 12.9. The molecule has 0 unspecified atom stereocenters. The van der Waals surface area contributed by atoms with E-state index in [1.165, 1.54) is 22.3 Å². The lowest BCUT2D eigenvalue weighted by Gasteiger charge is -2.18. The van der Waals surface area contributed by atoms with Crippen molar-refractivity contribution in [1.82, 2.24) is 10.7 Å². The smallest absolute Gasteiger partial charge is 0.251 e. The van der Waals surface area contributed by atoms with Gasteiger partial charge in [0.05, 0.1) is 18.7 Å². The Morgan fingerprint density at radius 3 is 2.10 bits per heavy atom. The van der Waals surface area contributed by atoms with Crippen molar-refractivity contribution in [3.05, 3.63) is 136 Å². The highest BCUT2D eigenvalue weighted by molar-refractivity contribution is 5.94. The van der Waals surface area contributed by atoms with Crippen LogP contribution in [0.3, 0.4) is 0 Å². The zero-order valence-electron chi connectivity index (χ0n) is 22.5. The van der Waals surface area contributed by atoms with Gasteiger partial charge in [0.2, 0.25) is 5.91 Å². The summed E-state index contributed by atoms with van der Waals surface area (Å²) >= 11 is 0. The third kappa shape index (κ3) is 7.89.